The van der Waals surface area contributed by atoms with E-state index in [9.17, 15) is 18.4 Å². The molecular weight excluding hydrogens is 416 g/mol. The van der Waals surface area contributed by atoms with Gasteiger partial charge in [0.2, 0.25) is 0 Å². The zero-order chi connectivity index (χ0) is 22.9. The topological polar surface area (TPSA) is 99.8 Å². The highest BCUT2D eigenvalue weighted by Crippen LogP contribution is 2.35. The maximum Gasteiger partial charge on any atom is 0.285 e. The third kappa shape index (κ3) is 4.16. The van der Waals surface area contributed by atoms with Crippen LogP contribution in [0.4, 0.5) is 8.78 Å². The van der Waals surface area contributed by atoms with Crippen molar-refractivity contribution < 1.29 is 13.6 Å². The van der Waals surface area contributed by atoms with E-state index in [0.717, 1.165) is 0 Å². The first-order chi connectivity index (χ1) is 15.3. The van der Waals surface area contributed by atoms with Crippen LogP contribution in [-0.4, -0.2) is 46.9 Å². The van der Waals surface area contributed by atoms with E-state index in [1.165, 1.54) is 25.3 Å². The van der Waals surface area contributed by atoms with E-state index < -0.39 is 18.4 Å². The van der Waals surface area contributed by atoms with Crippen LogP contribution in [0.3, 0.4) is 0 Å². The Hall–Kier alpha value is -3.46. The van der Waals surface area contributed by atoms with E-state index in [1.54, 1.807) is 18.3 Å². The molecule has 0 saturated heterocycles. The Labute approximate surface area is 183 Å². The number of aryl methyl sites for hydroxylation is 1. The molecule has 166 valence electrons. The van der Waals surface area contributed by atoms with Crippen molar-refractivity contribution >= 4 is 22.5 Å². The van der Waals surface area contributed by atoms with Gasteiger partial charge in [-0.1, -0.05) is 19.1 Å². The molecule has 3 aromatic heterocycles. The molecule has 3 aromatic rings. The molecule has 7 nitrogen and oxygen atoms in total. The number of alkyl halides is 2. The summed E-state index contributed by atoms with van der Waals surface area (Å²) in [5.74, 6) is -3.47. The lowest BCUT2D eigenvalue weighted by Crippen LogP contribution is -2.38. The third-order valence-electron chi connectivity index (χ3n) is 5.49. The van der Waals surface area contributed by atoms with Gasteiger partial charge in [-0.05, 0) is 30.2 Å². The van der Waals surface area contributed by atoms with Crippen LogP contribution in [0.25, 0.3) is 16.6 Å². The van der Waals surface area contributed by atoms with Gasteiger partial charge in [0, 0.05) is 42.9 Å². The number of halogens is 2. The predicted octanol–water partition coefficient (Wildman–Crippen LogP) is 2.45. The number of rotatable bonds is 5. The van der Waals surface area contributed by atoms with Gasteiger partial charge >= 0.3 is 0 Å². The number of carbonyl (C=O) groups excluding carboxylic acids is 1. The van der Waals surface area contributed by atoms with Crippen molar-refractivity contribution in [2.75, 3.05) is 20.1 Å². The number of amides is 1. The highest BCUT2D eigenvalue weighted by atomic mass is 19.3. The average Bonchev–Trinajstić information content (AvgIpc) is 2.78. The summed E-state index contributed by atoms with van der Waals surface area (Å²) >= 11 is 0. The molecule has 4 rings (SSSR count). The molecule has 0 aliphatic carbocycles. The van der Waals surface area contributed by atoms with Gasteiger partial charge in [-0.15, -0.1) is 0 Å². The predicted molar refractivity (Wildman–Crippen MR) is 118 cm³/mol. The van der Waals surface area contributed by atoms with Crippen LogP contribution in [0, 0.1) is 0 Å². The van der Waals surface area contributed by atoms with Crippen LogP contribution < -0.4 is 16.2 Å². The fraction of sp³-hybridized carbons (Fsp3) is 0.304. The van der Waals surface area contributed by atoms with Crippen LogP contribution >= 0.6 is 0 Å². The van der Waals surface area contributed by atoms with Crippen LogP contribution in [0.15, 0.2) is 41.3 Å². The molecule has 4 heterocycles. The maximum atomic E-state index is 14.6. The first-order valence-corrected chi connectivity index (χ1v) is 10.3. The van der Waals surface area contributed by atoms with Crippen LogP contribution in [0.5, 0.6) is 0 Å². The summed E-state index contributed by atoms with van der Waals surface area (Å²) in [6, 6.07) is 6.46. The largest absolute Gasteiger partial charge is 0.354 e. The van der Waals surface area contributed by atoms with Gasteiger partial charge in [0.1, 0.15) is 5.69 Å². The minimum Gasteiger partial charge on any atom is -0.354 e. The Kier molecular flexibility index (Phi) is 5.84. The summed E-state index contributed by atoms with van der Waals surface area (Å²) in [7, 11) is 1.48. The lowest BCUT2D eigenvalue weighted by atomic mass is 9.93. The molecule has 0 fully saturated rings. The lowest BCUT2D eigenvalue weighted by molar-refractivity contribution is 0.0635. The summed E-state index contributed by atoms with van der Waals surface area (Å²) in [6.45, 7) is 1.75. The maximum absolute atomic E-state index is 14.6. The van der Waals surface area contributed by atoms with Crippen LogP contribution in [0.1, 0.15) is 39.8 Å². The second-order valence-corrected chi connectivity index (χ2v) is 7.65. The van der Waals surface area contributed by atoms with Gasteiger partial charge in [-0.25, -0.2) is 4.98 Å². The van der Waals surface area contributed by atoms with Gasteiger partial charge in [0.25, 0.3) is 17.4 Å². The number of fused-ring (bicyclic) bond motifs is 1. The fourth-order valence-corrected chi connectivity index (χ4v) is 3.81. The van der Waals surface area contributed by atoms with Gasteiger partial charge in [0.05, 0.1) is 23.3 Å². The molecule has 1 amide bonds. The molecule has 1 aliphatic rings. The number of H-pyrrole nitrogens is 1. The van der Waals surface area contributed by atoms with E-state index >= 15 is 0 Å². The van der Waals surface area contributed by atoms with E-state index in [0.29, 0.717) is 46.4 Å². The van der Waals surface area contributed by atoms with Crippen molar-refractivity contribution in [2.45, 2.75) is 25.7 Å². The smallest absolute Gasteiger partial charge is 0.285 e. The van der Waals surface area contributed by atoms with Crippen molar-refractivity contribution in [2.24, 2.45) is 0 Å². The fourth-order valence-electron chi connectivity index (χ4n) is 3.81. The standard InChI is InChI=1S/C23H23F2N5O2/c1-3-14-10-19-20(30-21(14)31)9-13(11-28-19)8-18-15(4-5-17(29-18)22(32)26-2)16-6-7-27-12-23(16,24)25/h4-6,9-11,27H,3,7-8,12H2,1-2H3,(H,26,32)(H,30,31). The molecule has 0 aromatic carbocycles. The second-order valence-electron chi connectivity index (χ2n) is 7.65. The number of hydrogen-bond donors (Lipinski definition) is 3. The van der Waals surface area contributed by atoms with E-state index in [4.69, 9.17) is 0 Å². The van der Waals surface area contributed by atoms with Gasteiger partial charge < -0.3 is 15.6 Å². The Bertz CT molecular complexity index is 1280. The number of hydrogen-bond acceptors (Lipinski definition) is 5. The lowest BCUT2D eigenvalue weighted by Gasteiger charge is -2.26. The Morgan fingerprint density at radius 3 is 2.81 bits per heavy atom. The zero-order valence-electron chi connectivity index (χ0n) is 17.8. The molecule has 32 heavy (non-hydrogen) atoms. The van der Waals surface area contributed by atoms with E-state index in [-0.39, 0.29) is 23.2 Å². The number of nitrogens with zero attached hydrogens (tertiary/aromatic N) is 2. The van der Waals surface area contributed by atoms with Crippen molar-refractivity contribution in [3.63, 3.8) is 0 Å². The number of aromatic nitrogens is 3. The Morgan fingerprint density at radius 1 is 1.28 bits per heavy atom. The van der Waals surface area contributed by atoms with Gasteiger partial charge in [0.15, 0.2) is 0 Å². The monoisotopic (exact) mass is 439 g/mol. The summed E-state index contributed by atoms with van der Waals surface area (Å²) in [6.07, 6.45) is 3.84. The molecule has 0 atom stereocenters. The summed E-state index contributed by atoms with van der Waals surface area (Å²) in [5.41, 5.74) is 2.99. The third-order valence-corrected chi connectivity index (χ3v) is 5.49. The molecule has 9 heteroatoms. The summed E-state index contributed by atoms with van der Waals surface area (Å²) in [4.78, 5) is 35.9. The first-order valence-electron chi connectivity index (χ1n) is 10.3. The van der Waals surface area contributed by atoms with E-state index in [1.807, 2.05) is 6.92 Å². The Balaban J connectivity index is 1.80. The quantitative estimate of drug-likeness (QED) is 0.567. The molecule has 0 saturated carbocycles. The van der Waals surface area contributed by atoms with Gasteiger partial charge in [-0.2, -0.15) is 8.78 Å². The number of carbonyl (C=O) groups is 1. The number of nitrogens with one attached hydrogen (secondary N) is 3. The number of aromatic amines is 1. The zero-order valence-corrected chi connectivity index (χ0v) is 17.8. The van der Waals surface area contributed by atoms with Gasteiger partial charge in [-0.3, -0.25) is 14.6 Å². The molecule has 0 radical (unpaired) electrons. The van der Waals surface area contributed by atoms with Crippen molar-refractivity contribution in [1.29, 1.82) is 0 Å². The minimum atomic E-state index is -3.06. The van der Waals surface area contributed by atoms with Crippen LogP contribution in [0.2, 0.25) is 0 Å². The minimum absolute atomic E-state index is 0.114. The molecular formula is C23H23F2N5O2. The highest BCUT2D eigenvalue weighted by Gasteiger charge is 2.38. The second kappa shape index (κ2) is 8.58. The molecule has 0 bridgehead atoms. The van der Waals surface area contributed by atoms with Crippen molar-refractivity contribution in [1.82, 2.24) is 25.6 Å². The van der Waals surface area contributed by atoms with Crippen LogP contribution in [-0.2, 0) is 12.8 Å². The van der Waals surface area contributed by atoms with Crippen molar-refractivity contribution in [3.05, 3.63) is 75.0 Å². The van der Waals surface area contributed by atoms with Crippen molar-refractivity contribution in [3.8, 4) is 0 Å². The molecule has 0 spiro atoms. The van der Waals surface area contributed by atoms with E-state index in [2.05, 4.69) is 25.6 Å². The summed E-state index contributed by atoms with van der Waals surface area (Å²) in [5, 5.41) is 5.17. The molecule has 1 aliphatic heterocycles. The highest BCUT2D eigenvalue weighted by molar-refractivity contribution is 5.92. The molecule has 0 unspecified atom stereocenters. The SMILES string of the molecule is CCc1cc2ncc(Cc3nc(C(=O)NC)ccc3C3=CCNCC3(F)F)cc2[nH]c1=O. The Morgan fingerprint density at radius 2 is 2.09 bits per heavy atom. The average molecular weight is 439 g/mol. The molecule has 3 N–H and O–H groups in total. The first kappa shape index (κ1) is 21.8. The summed E-state index contributed by atoms with van der Waals surface area (Å²) < 4.78 is 29.3. The number of pyridine rings is 3. The normalized spacial score (nSPS) is 15.4.